The highest BCUT2D eigenvalue weighted by atomic mass is 16.5. The molecule has 0 aliphatic carbocycles. The van der Waals surface area contributed by atoms with Gasteiger partial charge < -0.3 is 4.74 Å². The van der Waals surface area contributed by atoms with Crippen LogP contribution in [0.5, 0.6) is 0 Å². The van der Waals surface area contributed by atoms with Gasteiger partial charge in [0.05, 0.1) is 13.2 Å². The predicted octanol–water partition coefficient (Wildman–Crippen LogP) is 1.37. The van der Waals surface area contributed by atoms with Crippen LogP contribution in [0, 0.1) is 13.2 Å². The SMILES string of the molecule is C[CH]O[CH]C. The zero-order chi connectivity index (χ0) is 4.12. The van der Waals surface area contributed by atoms with Crippen molar-refractivity contribution in [1.29, 1.82) is 0 Å². The lowest BCUT2D eigenvalue weighted by atomic mass is 10.8. The van der Waals surface area contributed by atoms with Crippen LogP contribution in [0.25, 0.3) is 0 Å². The van der Waals surface area contributed by atoms with E-state index >= 15 is 0 Å². The molecule has 5 heavy (non-hydrogen) atoms. The van der Waals surface area contributed by atoms with E-state index in [-0.39, 0.29) is 0 Å². The molecule has 0 aromatic rings. The zero-order valence-corrected chi connectivity index (χ0v) is 3.56. The molecule has 0 bridgehead atoms. The summed E-state index contributed by atoms with van der Waals surface area (Å²) in [6.45, 7) is 6.92. The van der Waals surface area contributed by atoms with Gasteiger partial charge in [0.25, 0.3) is 0 Å². The van der Waals surface area contributed by atoms with E-state index in [1.807, 2.05) is 13.8 Å². The van der Waals surface area contributed by atoms with Gasteiger partial charge in [-0.25, -0.2) is 0 Å². The molecule has 0 N–H and O–H groups in total. The lowest BCUT2D eigenvalue weighted by molar-refractivity contribution is 0.287. The number of hydrogen-bond donors (Lipinski definition) is 0. The molecule has 0 saturated heterocycles. The van der Waals surface area contributed by atoms with E-state index in [0.717, 1.165) is 0 Å². The third-order valence-electron chi connectivity index (χ3n) is 0.272. The minimum atomic E-state index is 1.62. The van der Waals surface area contributed by atoms with Crippen LogP contribution in [0.3, 0.4) is 0 Å². The Kier molecular flexibility index (Phi) is 3.93. The predicted molar refractivity (Wildman–Crippen MR) is 21.0 cm³/mol. The van der Waals surface area contributed by atoms with Gasteiger partial charge in [-0.2, -0.15) is 0 Å². The Morgan fingerprint density at radius 1 is 1.20 bits per heavy atom. The van der Waals surface area contributed by atoms with E-state index < -0.39 is 0 Å². The van der Waals surface area contributed by atoms with Crippen LogP contribution in [0.1, 0.15) is 13.8 Å². The average Bonchev–Trinajstić information content (AvgIpc) is 1.41. The van der Waals surface area contributed by atoms with Crippen LogP contribution in [-0.4, -0.2) is 0 Å². The Labute approximate surface area is 32.9 Å². The van der Waals surface area contributed by atoms with Gasteiger partial charge in [0.15, 0.2) is 0 Å². The highest BCUT2D eigenvalue weighted by Gasteiger charge is 1.66. The summed E-state index contributed by atoms with van der Waals surface area (Å²) in [5, 5.41) is 0. The summed E-state index contributed by atoms with van der Waals surface area (Å²) in [6, 6.07) is 0. The first-order chi connectivity index (χ1) is 2.41. The summed E-state index contributed by atoms with van der Waals surface area (Å²) in [5.74, 6) is 0. The highest BCUT2D eigenvalue weighted by Crippen LogP contribution is 1.78. The monoisotopic (exact) mass is 72.1 g/mol. The molecule has 0 heterocycles. The smallest absolute Gasteiger partial charge is 0.0811 e. The van der Waals surface area contributed by atoms with Gasteiger partial charge in [-0.05, 0) is 13.8 Å². The topological polar surface area (TPSA) is 9.23 Å². The number of ether oxygens (including phenoxy) is 1. The van der Waals surface area contributed by atoms with Crippen molar-refractivity contribution in [1.82, 2.24) is 0 Å². The van der Waals surface area contributed by atoms with E-state index in [1.165, 1.54) is 0 Å². The molecular weight excluding hydrogens is 64.0 g/mol. The van der Waals surface area contributed by atoms with Crippen molar-refractivity contribution >= 4 is 0 Å². The van der Waals surface area contributed by atoms with Crippen molar-refractivity contribution < 1.29 is 4.74 Å². The van der Waals surface area contributed by atoms with Crippen molar-refractivity contribution in [2.75, 3.05) is 0 Å². The second kappa shape index (κ2) is 3.96. The summed E-state index contributed by atoms with van der Waals surface area (Å²) >= 11 is 0. The maximum Gasteiger partial charge on any atom is 0.0811 e. The fourth-order valence-electron chi connectivity index (χ4n) is 0.136. The largest absolute Gasteiger partial charge is 0.370 e. The fourth-order valence-corrected chi connectivity index (χ4v) is 0.136. The van der Waals surface area contributed by atoms with E-state index in [0.29, 0.717) is 0 Å². The Morgan fingerprint density at radius 3 is 1.60 bits per heavy atom. The molecule has 0 aromatic carbocycles. The molecule has 0 aromatic heterocycles. The Bertz CT molecular complexity index is 11.1. The van der Waals surface area contributed by atoms with E-state index in [1.54, 1.807) is 13.2 Å². The zero-order valence-electron chi connectivity index (χ0n) is 3.56. The van der Waals surface area contributed by atoms with Gasteiger partial charge in [-0.3, -0.25) is 0 Å². The van der Waals surface area contributed by atoms with Crippen molar-refractivity contribution in [3.63, 3.8) is 0 Å². The molecule has 1 heteroatoms. The Balaban J connectivity index is 2.19. The van der Waals surface area contributed by atoms with Crippen molar-refractivity contribution in [3.05, 3.63) is 13.2 Å². The molecule has 0 unspecified atom stereocenters. The maximum atomic E-state index is 4.58. The van der Waals surface area contributed by atoms with Gasteiger partial charge in [-0.1, -0.05) is 0 Å². The summed E-state index contributed by atoms with van der Waals surface area (Å²) < 4.78 is 4.58. The number of hydrogen-bond acceptors (Lipinski definition) is 1. The molecule has 0 rings (SSSR count). The van der Waals surface area contributed by atoms with Crippen LogP contribution in [0.4, 0.5) is 0 Å². The third-order valence-corrected chi connectivity index (χ3v) is 0.272. The van der Waals surface area contributed by atoms with Gasteiger partial charge in [0.2, 0.25) is 0 Å². The maximum absolute atomic E-state index is 4.58. The van der Waals surface area contributed by atoms with Crippen LogP contribution in [0.2, 0.25) is 0 Å². The molecule has 0 amide bonds. The minimum Gasteiger partial charge on any atom is -0.370 e. The van der Waals surface area contributed by atoms with E-state index in [4.69, 9.17) is 0 Å². The van der Waals surface area contributed by atoms with E-state index in [2.05, 4.69) is 4.74 Å². The standard InChI is InChI=1S/C4H8O/c1-3-5-4-2/h3-4H,1-2H3. The Hall–Kier alpha value is -0.0400. The van der Waals surface area contributed by atoms with Crippen molar-refractivity contribution in [2.24, 2.45) is 0 Å². The van der Waals surface area contributed by atoms with Crippen molar-refractivity contribution in [3.8, 4) is 0 Å². The molecule has 1 nitrogen and oxygen atoms in total. The summed E-state index contributed by atoms with van der Waals surface area (Å²) in [4.78, 5) is 0. The molecule has 0 atom stereocenters. The quantitative estimate of drug-likeness (QED) is 0.478. The molecule has 2 radical (unpaired) electrons. The first-order valence-electron chi connectivity index (χ1n) is 1.63. The molecular formula is C4H8O. The molecule has 0 aliphatic rings. The van der Waals surface area contributed by atoms with Gasteiger partial charge in [0.1, 0.15) is 0 Å². The highest BCUT2D eigenvalue weighted by molar-refractivity contribution is 4.38. The molecule has 0 saturated carbocycles. The van der Waals surface area contributed by atoms with Gasteiger partial charge in [0, 0.05) is 0 Å². The van der Waals surface area contributed by atoms with Gasteiger partial charge >= 0.3 is 0 Å². The lowest BCUT2D eigenvalue weighted by Crippen LogP contribution is -1.69. The van der Waals surface area contributed by atoms with E-state index in [9.17, 15) is 0 Å². The molecule has 30 valence electrons. The minimum absolute atomic E-state index is 1.62. The second-order valence-electron chi connectivity index (χ2n) is 0.607. The Morgan fingerprint density at radius 2 is 1.60 bits per heavy atom. The van der Waals surface area contributed by atoms with Crippen LogP contribution in [-0.2, 0) is 4.74 Å². The third kappa shape index (κ3) is 3.96. The summed E-state index contributed by atoms with van der Waals surface area (Å²) in [6.07, 6.45) is 0. The van der Waals surface area contributed by atoms with Gasteiger partial charge in [-0.15, -0.1) is 0 Å². The first kappa shape index (κ1) is 4.96. The fraction of sp³-hybridized carbons (Fsp3) is 0.500. The number of rotatable bonds is 2. The molecule has 0 spiro atoms. The molecule has 0 aliphatic heterocycles. The van der Waals surface area contributed by atoms with Crippen LogP contribution >= 0.6 is 0 Å². The first-order valence-corrected chi connectivity index (χ1v) is 1.63. The van der Waals surface area contributed by atoms with Crippen LogP contribution < -0.4 is 0 Å². The summed E-state index contributed by atoms with van der Waals surface area (Å²) in [7, 11) is 0. The summed E-state index contributed by atoms with van der Waals surface area (Å²) in [5.41, 5.74) is 0. The lowest BCUT2D eigenvalue weighted by Gasteiger charge is -1.84. The van der Waals surface area contributed by atoms with Crippen LogP contribution in [0.15, 0.2) is 0 Å². The average molecular weight is 72.1 g/mol. The normalized spacial score (nSPS) is 8.40. The molecule has 0 fully saturated rings. The second-order valence-corrected chi connectivity index (χ2v) is 0.607. The van der Waals surface area contributed by atoms with Crippen molar-refractivity contribution in [2.45, 2.75) is 13.8 Å².